The Balaban J connectivity index is 0. The third-order valence-electron chi connectivity index (χ3n) is 1.91. The largest absolute Gasteiger partial charge is 0.313 e. The first-order valence-electron chi connectivity index (χ1n) is 5.90. The van der Waals surface area contributed by atoms with Crippen LogP contribution in [-0.4, -0.2) is 12.6 Å². The van der Waals surface area contributed by atoms with E-state index in [1.807, 2.05) is 13.8 Å². The molecule has 0 aromatic carbocycles. The summed E-state index contributed by atoms with van der Waals surface area (Å²) in [7, 11) is 0. The summed E-state index contributed by atoms with van der Waals surface area (Å²) in [6.45, 7) is 11.5. The molecule has 0 aliphatic heterocycles. The van der Waals surface area contributed by atoms with Crippen LogP contribution >= 0.6 is 0 Å². The highest BCUT2D eigenvalue weighted by Crippen LogP contribution is 2.06. The molecule has 0 aromatic rings. The summed E-state index contributed by atoms with van der Waals surface area (Å²) < 4.78 is 0. The first-order chi connectivity index (χ1) is 6.70. The molecule has 1 atom stereocenters. The number of hydrogen-bond acceptors (Lipinski definition) is 1. The standard InChI is InChI=1S/C11H21N.C2H6/c1-5-7-8-11(6-2)9-12-10(3)4;1-2/h2,10-12H,5,7-9H2,1,3-4H3;1-2H3. The fourth-order valence-corrected chi connectivity index (χ4v) is 1.07. The molecule has 0 saturated heterocycles. The topological polar surface area (TPSA) is 12.0 Å². The Morgan fingerprint density at radius 1 is 1.29 bits per heavy atom. The normalized spacial score (nSPS) is 11.5. The van der Waals surface area contributed by atoms with Crippen LogP contribution in [0.4, 0.5) is 0 Å². The van der Waals surface area contributed by atoms with E-state index in [2.05, 4.69) is 32.0 Å². The van der Waals surface area contributed by atoms with Crippen LogP contribution in [-0.2, 0) is 0 Å². The van der Waals surface area contributed by atoms with Crippen molar-refractivity contribution in [2.24, 2.45) is 5.92 Å². The van der Waals surface area contributed by atoms with Gasteiger partial charge in [0.05, 0.1) is 0 Å². The summed E-state index contributed by atoms with van der Waals surface area (Å²) in [5, 5.41) is 3.36. The molecule has 0 aliphatic rings. The highest BCUT2D eigenvalue weighted by Gasteiger charge is 2.03. The van der Waals surface area contributed by atoms with Crippen LogP contribution in [0, 0.1) is 18.3 Å². The van der Waals surface area contributed by atoms with Gasteiger partial charge in [0.15, 0.2) is 0 Å². The second kappa shape index (κ2) is 12.5. The average molecular weight is 197 g/mol. The zero-order valence-electron chi connectivity index (χ0n) is 10.6. The number of nitrogens with one attached hydrogen (secondary N) is 1. The summed E-state index contributed by atoms with van der Waals surface area (Å²) in [5.74, 6) is 3.25. The number of unbranched alkanes of at least 4 members (excludes halogenated alkanes) is 1. The van der Waals surface area contributed by atoms with Gasteiger partial charge in [-0.1, -0.05) is 47.5 Å². The molecular weight excluding hydrogens is 170 g/mol. The van der Waals surface area contributed by atoms with Gasteiger partial charge in [0.2, 0.25) is 0 Å². The Bertz CT molecular complexity index is 133. The molecule has 0 saturated carbocycles. The van der Waals surface area contributed by atoms with Crippen LogP contribution < -0.4 is 5.32 Å². The van der Waals surface area contributed by atoms with Crippen molar-refractivity contribution in [3.05, 3.63) is 0 Å². The Morgan fingerprint density at radius 2 is 1.86 bits per heavy atom. The van der Waals surface area contributed by atoms with Crippen LogP contribution in [0.15, 0.2) is 0 Å². The van der Waals surface area contributed by atoms with Gasteiger partial charge in [0, 0.05) is 18.5 Å². The first-order valence-corrected chi connectivity index (χ1v) is 5.90. The monoisotopic (exact) mass is 197 g/mol. The molecule has 1 nitrogen and oxygen atoms in total. The summed E-state index contributed by atoms with van der Waals surface area (Å²) in [4.78, 5) is 0. The minimum absolute atomic E-state index is 0.423. The van der Waals surface area contributed by atoms with Crippen LogP contribution in [0.1, 0.15) is 53.9 Å². The molecule has 0 amide bonds. The molecular formula is C13H27N. The predicted octanol–water partition coefficient (Wildman–Crippen LogP) is 3.45. The van der Waals surface area contributed by atoms with Gasteiger partial charge in [0.1, 0.15) is 0 Å². The minimum atomic E-state index is 0.423. The number of terminal acetylenes is 1. The van der Waals surface area contributed by atoms with Crippen LogP contribution in [0.5, 0.6) is 0 Å². The zero-order valence-corrected chi connectivity index (χ0v) is 10.6. The molecule has 1 N–H and O–H groups in total. The lowest BCUT2D eigenvalue weighted by atomic mass is 10.0. The van der Waals surface area contributed by atoms with Crippen LogP contribution in [0.3, 0.4) is 0 Å². The molecule has 14 heavy (non-hydrogen) atoms. The molecule has 0 spiro atoms. The van der Waals surface area contributed by atoms with Gasteiger partial charge in [-0.3, -0.25) is 0 Å². The van der Waals surface area contributed by atoms with Gasteiger partial charge in [-0.05, 0) is 6.42 Å². The molecule has 0 bridgehead atoms. The molecule has 1 heteroatoms. The molecule has 0 aliphatic carbocycles. The average Bonchev–Trinajstić information content (AvgIpc) is 2.21. The van der Waals surface area contributed by atoms with Crippen molar-refractivity contribution in [2.45, 2.75) is 59.9 Å². The van der Waals surface area contributed by atoms with E-state index >= 15 is 0 Å². The molecule has 0 aromatic heterocycles. The smallest absolute Gasteiger partial charge is 0.0325 e. The van der Waals surface area contributed by atoms with Crippen molar-refractivity contribution < 1.29 is 0 Å². The predicted molar refractivity (Wildman–Crippen MR) is 66.3 cm³/mol. The van der Waals surface area contributed by atoms with Crippen molar-refractivity contribution in [2.75, 3.05) is 6.54 Å². The van der Waals surface area contributed by atoms with E-state index in [0.717, 1.165) is 13.0 Å². The molecule has 0 rings (SSSR count). The number of hydrogen-bond donors (Lipinski definition) is 1. The van der Waals surface area contributed by atoms with Crippen LogP contribution in [0.25, 0.3) is 0 Å². The Labute approximate surface area is 90.7 Å². The zero-order chi connectivity index (χ0) is 11.4. The van der Waals surface area contributed by atoms with E-state index in [1.165, 1.54) is 12.8 Å². The van der Waals surface area contributed by atoms with E-state index in [4.69, 9.17) is 6.42 Å². The van der Waals surface area contributed by atoms with Crippen molar-refractivity contribution >= 4 is 0 Å². The molecule has 0 fully saturated rings. The van der Waals surface area contributed by atoms with Gasteiger partial charge in [0.25, 0.3) is 0 Å². The highest BCUT2D eigenvalue weighted by molar-refractivity contribution is 4.94. The summed E-state index contributed by atoms with van der Waals surface area (Å²) in [5.41, 5.74) is 0. The maximum absolute atomic E-state index is 5.41. The highest BCUT2D eigenvalue weighted by atomic mass is 14.9. The number of rotatable bonds is 6. The molecule has 0 radical (unpaired) electrons. The Hall–Kier alpha value is -0.480. The summed E-state index contributed by atoms with van der Waals surface area (Å²) in [6, 6.07) is 0.544. The maximum Gasteiger partial charge on any atom is 0.0325 e. The van der Waals surface area contributed by atoms with Crippen molar-refractivity contribution in [3.8, 4) is 12.3 Å². The van der Waals surface area contributed by atoms with Gasteiger partial charge in [-0.15, -0.1) is 12.3 Å². The van der Waals surface area contributed by atoms with Gasteiger partial charge in [-0.25, -0.2) is 0 Å². The van der Waals surface area contributed by atoms with E-state index < -0.39 is 0 Å². The first kappa shape index (κ1) is 16.0. The van der Waals surface area contributed by atoms with Crippen molar-refractivity contribution in [1.29, 1.82) is 0 Å². The van der Waals surface area contributed by atoms with Crippen LogP contribution in [0.2, 0.25) is 0 Å². The maximum atomic E-state index is 5.41. The summed E-state index contributed by atoms with van der Waals surface area (Å²) in [6.07, 6.45) is 9.05. The van der Waals surface area contributed by atoms with Gasteiger partial charge in [-0.2, -0.15) is 0 Å². The van der Waals surface area contributed by atoms with Gasteiger partial charge < -0.3 is 5.32 Å². The molecule has 0 heterocycles. The SMILES string of the molecule is C#CC(CCCC)CNC(C)C.CC. The van der Waals surface area contributed by atoms with E-state index in [9.17, 15) is 0 Å². The third-order valence-corrected chi connectivity index (χ3v) is 1.91. The fourth-order valence-electron chi connectivity index (χ4n) is 1.07. The van der Waals surface area contributed by atoms with Crippen molar-refractivity contribution in [1.82, 2.24) is 5.32 Å². The quantitative estimate of drug-likeness (QED) is 0.643. The fraction of sp³-hybridized carbons (Fsp3) is 0.846. The van der Waals surface area contributed by atoms with Crippen molar-refractivity contribution in [3.63, 3.8) is 0 Å². The lowest BCUT2D eigenvalue weighted by Crippen LogP contribution is -2.28. The second-order valence-corrected chi connectivity index (χ2v) is 3.57. The molecule has 1 unspecified atom stereocenters. The minimum Gasteiger partial charge on any atom is -0.313 e. The summed E-state index contributed by atoms with van der Waals surface area (Å²) >= 11 is 0. The third kappa shape index (κ3) is 11.5. The lowest BCUT2D eigenvalue weighted by molar-refractivity contribution is 0.485. The van der Waals surface area contributed by atoms with E-state index in [0.29, 0.717) is 12.0 Å². The second-order valence-electron chi connectivity index (χ2n) is 3.57. The Kier molecular flexibility index (Phi) is 14.3. The van der Waals surface area contributed by atoms with E-state index in [-0.39, 0.29) is 0 Å². The molecule has 84 valence electrons. The van der Waals surface area contributed by atoms with Gasteiger partial charge >= 0.3 is 0 Å². The van der Waals surface area contributed by atoms with E-state index in [1.54, 1.807) is 0 Å². The Morgan fingerprint density at radius 3 is 2.21 bits per heavy atom. The lowest BCUT2D eigenvalue weighted by Gasteiger charge is -2.13.